The van der Waals surface area contributed by atoms with Crippen LogP contribution in [0, 0.1) is 0 Å². The summed E-state index contributed by atoms with van der Waals surface area (Å²) >= 11 is 5.84. The number of ether oxygens (including phenoxy) is 1. The minimum atomic E-state index is -0.309. The van der Waals surface area contributed by atoms with Gasteiger partial charge in [-0.25, -0.2) is 4.98 Å². The Morgan fingerprint density at radius 1 is 1.60 bits per heavy atom. The molecule has 15 heavy (non-hydrogen) atoms. The fraction of sp³-hybridized carbons (Fsp3) is 0.300. The third-order valence-electron chi connectivity index (χ3n) is 2.14. The van der Waals surface area contributed by atoms with Crippen LogP contribution < -0.4 is 5.73 Å². The van der Waals surface area contributed by atoms with Gasteiger partial charge in [-0.15, -0.1) is 0 Å². The van der Waals surface area contributed by atoms with E-state index in [9.17, 15) is 0 Å². The molecular weight excluding hydrogens is 216 g/mol. The number of hydrogen-bond acceptors (Lipinski definition) is 4. The Hall–Kier alpha value is -1.10. The molecule has 0 saturated heterocycles. The molecule has 5 heteroatoms. The van der Waals surface area contributed by atoms with Crippen molar-refractivity contribution >= 4 is 22.7 Å². The van der Waals surface area contributed by atoms with Gasteiger partial charge in [0.25, 0.3) is 0 Å². The Morgan fingerprint density at radius 2 is 2.40 bits per heavy atom. The zero-order chi connectivity index (χ0) is 10.8. The summed E-state index contributed by atoms with van der Waals surface area (Å²) in [5, 5.41) is 0.629. The van der Waals surface area contributed by atoms with Crippen LogP contribution >= 0.6 is 11.6 Å². The molecule has 80 valence electrons. The normalized spacial score (nSPS) is 13.3. The number of benzene rings is 1. The zero-order valence-corrected chi connectivity index (χ0v) is 8.99. The molecule has 0 fully saturated rings. The molecule has 2 N–H and O–H groups in total. The van der Waals surface area contributed by atoms with Gasteiger partial charge in [0, 0.05) is 18.7 Å². The van der Waals surface area contributed by atoms with Crippen LogP contribution in [0.15, 0.2) is 22.6 Å². The molecule has 1 aromatic carbocycles. The third-order valence-corrected chi connectivity index (χ3v) is 2.38. The number of methoxy groups -OCH3 is 1. The lowest BCUT2D eigenvalue weighted by Crippen LogP contribution is -2.14. The quantitative estimate of drug-likeness (QED) is 0.871. The van der Waals surface area contributed by atoms with Crippen LogP contribution in [0.5, 0.6) is 0 Å². The second-order valence-electron chi connectivity index (χ2n) is 3.12. The molecule has 0 radical (unpaired) electrons. The highest BCUT2D eigenvalue weighted by Gasteiger charge is 2.15. The van der Waals surface area contributed by atoms with Gasteiger partial charge in [0.1, 0.15) is 11.6 Å². The van der Waals surface area contributed by atoms with Crippen molar-refractivity contribution in [3.63, 3.8) is 0 Å². The highest BCUT2D eigenvalue weighted by Crippen LogP contribution is 2.23. The van der Waals surface area contributed by atoms with Gasteiger partial charge < -0.3 is 14.9 Å². The summed E-state index contributed by atoms with van der Waals surface area (Å²) in [5.74, 6) is 0.484. The number of oxazole rings is 1. The van der Waals surface area contributed by atoms with Crippen LogP contribution in [0.1, 0.15) is 12.0 Å². The van der Waals surface area contributed by atoms with Gasteiger partial charge in [-0.3, -0.25) is 0 Å². The largest absolute Gasteiger partial charge is 0.438 e. The van der Waals surface area contributed by atoms with E-state index in [-0.39, 0.29) is 6.10 Å². The van der Waals surface area contributed by atoms with Crippen LogP contribution in [0.4, 0.5) is 0 Å². The van der Waals surface area contributed by atoms with Crippen molar-refractivity contribution in [2.75, 3.05) is 13.7 Å². The first-order valence-electron chi connectivity index (χ1n) is 4.53. The summed E-state index contributed by atoms with van der Waals surface area (Å²) in [6.45, 7) is 0.330. The van der Waals surface area contributed by atoms with Crippen LogP contribution in [-0.2, 0) is 4.74 Å². The third kappa shape index (κ3) is 1.97. The van der Waals surface area contributed by atoms with E-state index in [0.717, 1.165) is 0 Å². The monoisotopic (exact) mass is 226 g/mol. The molecule has 1 atom stereocenters. The van der Waals surface area contributed by atoms with Crippen molar-refractivity contribution in [1.82, 2.24) is 4.98 Å². The Bertz CT molecular complexity index is 465. The number of nitrogens with zero attached hydrogens (tertiary/aromatic N) is 1. The highest BCUT2D eigenvalue weighted by molar-refractivity contribution is 6.31. The molecule has 0 amide bonds. The SMILES string of the molecule is COC(CN)c1nc2cc(Cl)ccc2o1. The summed E-state index contributed by atoms with van der Waals surface area (Å²) < 4.78 is 10.6. The predicted octanol–water partition coefficient (Wildman–Crippen LogP) is 2.13. The number of halogens is 1. The lowest BCUT2D eigenvalue weighted by Gasteiger charge is -2.06. The highest BCUT2D eigenvalue weighted by atomic mass is 35.5. The molecule has 2 aromatic rings. The molecule has 1 heterocycles. The van der Waals surface area contributed by atoms with Crippen LogP contribution in [0.25, 0.3) is 11.1 Å². The summed E-state index contributed by atoms with van der Waals surface area (Å²) in [5.41, 5.74) is 6.92. The number of rotatable bonds is 3. The average molecular weight is 227 g/mol. The molecule has 0 saturated carbocycles. The maximum Gasteiger partial charge on any atom is 0.225 e. The fourth-order valence-corrected chi connectivity index (χ4v) is 1.52. The molecule has 1 unspecified atom stereocenters. The van der Waals surface area contributed by atoms with Gasteiger partial charge in [-0.05, 0) is 18.2 Å². The van der Waals surface area contributed by atoms with Crippen molar-refractivity contribution in [1.29, 1.82) is 0 Å². The Labute approximate surface area is 92.0 Å². The summed E-state index contributed by atoms with van der Waals surface area (Å²) in [6.07, 6.45) is -0.309. The lowest BCUT2D eigenvalue weighted by atomic mass is 10.3. The minimum absolute atomic E-state index is 0.309. The molecule has 0 bridgehead atoms. The molecular formula is C10H11ClN2O2. The van der Waals surface area contributed by atoms with Gasteiger partial charge in [-0.1, -0.05) is 11.6 Å². The van der Waals surface area contributed by atoms with Crippen LogP contribution in [0.3, 0.4) is 0 Å². The van der Waals surface area contributed by atoms with E-state index in [1.54, 1.807) is 25.3 Å². The first-order valence-corrected chi connectivity index (χ1v) is 4.91. The van der Waals surface area contributed by atoms with Gasteiger partial charge in [0.15, 0.2) is 5.58 Å². The molecule has 0 aliphatic rings. The van der Waals surface area contributed by atoms with E-state index < -0.39 is 0 Å². The second-order valence-corrected chi connectivity index (χ2v) is 3.56. The summed E-state index contributed by atoms with van der Waals surface area (Å²) in [7, 11) is 1.57. The molecule has 0 aliphatic heterocycles. The summed E-state index contributed by atoms with van der Waals surface area (Å²) in [4.78, 5) is 4.26. The average Bonchev–Trinajstić information content (AvgIpc) is 2.62. The van der Waals surface area contributed by atoms with E-state index >= 15 is 0 Å². The lowest BCUT2D eigenvalue weighted by molar-refractivity contribution is 0.0878. The summed E-state index contributed by atoms with van der Waals surface area (Å²) in [6, 6.07) is 5.27. The molecule has 2 rings (SSSR count). The Balaban J connectivity index is 2.46. The van der Waals surface area contributed by atoms with Crippen molar-refractivity contribution in [3.8, 4) is 0 Å². The fourth-order valence-electron chi connectivity index (χ4n) is 1.35. The Kier molecular flexibility index (Phi) is 2.90. The van der Waals surface area contributed by atoms with E-state index in [4.69, 9.17) is 26.5 Å². The predicted molar refractivity (Wildman–Crippen MR) is 57.8 cm³/mol. The van der Waals surface area contributed by atoms with E-state index in [0.29, 0.717) is 28.6 Å². The molecule has 0 spiro atoms. The smallest absolute Gasteiger partial charge is 0.225 e. The topological polar surface area (TPSA) is 61.3 Å². The molecule has 0 aliphatic carbocycles. The van der Waals surface area contributed by atoms with Gasteiger partial charge in [0.2, 0.25) is 5.89 Å². The number of hydrogen-bond donors (Lipinski definition) is 1. The number of nitrogens with two attached hydrogens (primary N) is 1. The first-order chi connectivity index (χ1) is 7.24. The maximum atomic E-state index is 5.84. The first kappa shape index (κ1) is 10.4. The zero-order valence-electron chi connectivity index (χ0n) is 8.24. The molecule has 1 aromatic heterocycles. The van der Waals surface area contributed by atoms with Gasteiger partial charge in [0.05, 0.1) is 0 Å². The van der Waals surface area contributed by atoms with Crippen molar-refractivity contribution in [3.05, 3.63) is 29.1 Å². The van der Waals surface area contributed by atoms with Crippen molar-refractivity contribution in [2.24, 2.45) is 5.73 Å². The Morgan fingerprint density at radius 3 is 3.07 bits per heavy atom. The molecule has 4 nitrogen and oxygen atoms in total. The van der Waals surface area contributed by atoms with E-state index in [2.05, 4.69) is 4.98 Å². The van der Waals surface area contributed by atoms with Crippen molar-refractivity contribution in [2.45, 2.75) is 6.10 Å². The minimum Gasteiger partial charge on any atom is -0.438 e. The standard InChI is InChI=1S/C10H11ClN2O2/c1-14-9(5-12)10-13-7-4-6(11)2-3-8(7)15-10/h2-4,9H,5,12H2,1H3. The number of fused-ring (bicyclic) bond motifs is 1. The van der Waals surface area contributed by atoms with Crippen LogP contribution in [-0.4, -0.2) is 18.6 Å². The van der Waals surface area contributed by atoms with Crippen molar-refractivity contribution < 1.29 is 9.15 Å². The van der Waals surface area contributed by atoms with E-state index in [1.807, 2.05) is 0 Å². The second kappa shape index (κ2) is 4.18. The van der Waals surface area contributed by atoms with Gasteiger partial charge in [-0.2, -0.15) is 0 Å². The number of aromatic nitrogens is 1. The van der Waals surface area contributed by atoms with Crippen LogP contribution in [0.2, 0.25) is 5.02 Å². The van der Waals surface area contributed by atoms with E-state index in [1.165, 1.54) is 0 Å². The van der Waals surface area contributed by atoms with Gasteiger partial charge >= 0.3 is 0 Å². The maximum absolute atomic E-state index is 5.84.